The smallest absolute Gasteiger partial charge is 0.240 e. The van der Waals surface area contributed by atoms with E-state index in [1.807, 2.05) is 22.8 Å². The molecule has 0 unspecified atom stereocenters. The van der Waals surface area contributed by atoms with Gasteiger partial charge in [0.15, 0.2) is 0 Å². The van der Waals surface area contributed by atoms with Crippen LogP contribution in [0.4, 0.5) is 0 Å². The van der Waals surface area contributed by atoms with E-state index in [1.54, 1.807) is 7.11 Å². The monoisotopic (exact) mass is 373 g/mol. The Morgan fingerprint density at radius 3 is 3.05 bits per heavy atom. The van der Waals surface area contributed by atoms with Gasteiger partial charge < -0.3 is 14.6 Å². The largest absolute Gasteiger partial charge is 0.383 e. The number of aromatic nitrogens is 2. The van der Waals surface area contributed by atoms with Crippen LogP contribution in [0.1, 0.15) is 5.82 Å². The van der Waals surface area contributed by atoms with Gasteiger partial charge in [0.25, 0.3) is 0 Å². The zero-order valence-corrected chi connectivity index (χ0v) is 14.1. The molecule has 0 saturated heterocycles. The maximum Gasteiger partial charge on any atom is 0.240 e. The molecule has 5 nitrogen and oxygen atoms in total. The summed E-state index contributed by atoms with van der Waals surface area (Å²) >= 11 is 9.26. The first-order valence-corrected chi connectivity index (χ1v) is 7.94. The second-order valence-corrected chi connectivity index (χ2v) is 5.82. The van der Waals surface area contributed by atoms with Crippen molar-refractivity contribution in [3.8, 4) is 0 Å². The standard InChI is InChI=1S/C14H17BrClN3O2/c1-21-7-6-17-14(20)9-19-12-3-2-10(15)8-11(12)18-13(19)4-5-16/h2-3,8H,4-7,9H2,1H3,(H,17,20). The van der Waals surface area contributed by atoms with Gasteiger partial charge in [-0.15, -0.1) is 11.6 Å². The summed E-state index contributed by atoms with van der Waals surface area (Å²) in [5.41, 5.74) is 1.79. The van der Waals surface area contributed by atoms with Crippen molar-refractivity contribution in [1.29, 1.82) is 0 Å². The molecule has 1 aromatic carbocycles. The molecule has 0 saturated carbocycles. The number of methoxy groups -OCH3 is 1. The van der Waals surface area contributed by atoms with E-state index in [9.17, 15) is 4.79 Å². The molecular weight excluding hydrogens is 358 g/mol. The highest BCUT2D eigenvalue weighted by Crippen LogP contribution is 2.21. The van der Waals surface area contributed by atoms with Crippen molar-refractivity contribution in [2.24, 2.45) is 0 Å². The van der Waals surface area contributed by atoms with E-state index in [1.165, 1.54) is 0 Å². The Labute approximate surface area is 136 Å². The molecule has 0 atom stereocenters. The minimum atomic E-state index is -0.0647. The molecule has 0 bridgehead atoms. The van der Waals surface area contributed by atoms with Crippen molar-refractivity contribution in [2.75, 3.05) is 26.1 Å². The number of hydrogen-bond acceptors (Lipinski definition) is 3. The summed E-state index contributed by atoms with van der Waals surface area (Å²) < 4.78 is 7.79. The molecule has 0 aliphatic rings. The molecule has 0 aliphatic heterocycles. The molecule has 1 aromatic heterocycles. The average Bonchev–Trinajstić information content (AvgIpc) is 2.76. The third-order valence-corrected chi connectivity index (χ3v) is 3.72. The Morgan fingerprint density at radius 1 is 1.52 bits per heavy atom. The van der Waals surface area contributed by atoms with E-state index in [2.05, 4.69) is 26.2 Å². The number of rotatable bonds is 7. The summed E-state index contributed by atoms with van der Waals surface area (Å²) in [5.74, 6) is 1.22. The third-order valence-electron chi connectivity index (χ3n) is 3.04. The number of hydrogen-bond donors (Lipinski definition) is 1. The molecule has 0 aliphatic carbocycles. The summed E-state index contributed by atoms with van der Waals surface area (Å²) in [4.78, 5) is 16.6. The summed E-state index contributed by atoms with van der Waals surface area (Å²) in [6.07, 6.45) is 0.624. The van der Waals surface area contributed by atoms with E-state index >= 15 is 0 Å². The zero-order chi connectivity index (χ0) is 15.2. The number of alkyl halides is 1. The van der Waals surface area contributed by atoms with Crippen LogP contribution in [0.3, 0.4) is 0 Å². The van der Waals surface area contributed by atoms with Crippen LogP contribution in [-0.2, 0) is 22.5 Å². The van der Waals surface area contributed by atoms with Gasteiger partial charge in [-0.3, -0.25) is 4.79 Å². The minimum Gasteiger partial charge on any atom is -0.383 e. The SMILES string of the molecule is COCCNC(=O)Cn1c(CCCl)nc2cc(Br)ccc21. The molecule has 114 valence electrons. The predicted octanol–water partition coefficient (Wildman–Crippen LogP) is 2.34. The van der Waals surface area contributed by atoms with Crippen molar-refractivity contribution >= 4 is 44.5 Å². The highest BCUT2D eigenvalue weighted by Gasteiger charge is 2.13. The van der Waals surface area contributed by atoms with Crippen molar-refractivity contribution in [3.63, 3.8) is 0 Å². The van der Waals surface area contributed by atoms with E-state index < -0.39 is 0 Å². The molecule has 7 heteroatoms. The highest BCUT2D eigenvalue weighted by atomic mass is 79.9. The van der Waals surface area contributed by atoms with Crippen LogP contribution in [0.5, 0.6) is 0 Å². The lowest BCUT2D eigenvalue weighted by Gasteiger charge is -2.09. The van der Waals surface area contributed by atoms with E-state index in [0.29, 0.717) is 25.5 Å². The van der Waals surface area contributed by atoms with Crippen LogP contribution in [0.25, 0.3) is 11.0 Å². The van der Waals surface area contributed by atoms with Gasteiger partial charge in [-0.1, -0.05) is 15.9 Å². The Hall–Kier alpha value is -1.11. The zero-order valence-electron chi connectivity index (χ0n) is 11.7. The Morgan fingerprint density at radius 2 is 2.33 bits per heavy atom. The number of carbonyl (C=O) groups is 1. The van der Waals surface area contributed by atoms with Crippen LogP contribution in [0.2, 0.25) is 0 Å². The summed E-state index contributed by atoms with van der Waals surface area (Å²) in [7, 11) is 1.60. The van der Waals surface area contributed by atoms with Crippen LogP contribution in [0, 0.1) is 0 Å². The number of nitrogens with one attached hydrogen (secondary N) is 1. The number of aryl methyl sites for hydroxylation is 1. The fourth-order valence-electron chi connectivity index (χ4n) is 2.10. The molecule has 0 spiro atoms. The maximum absolute atomic E-state index is 12.0. The lowest BCUT2D eigenvalue weighted by Crippen LogP contribution is -2.30. The second kappa shape index (κ2) is 7.77. The number of nitrogens with zero attached hydrogens (tertiary/aromatic N) is 2. The molecule has 21 heavy (non-hydrogen) atoms. The molecule has 1 amide bonds. The normalized spacial score (nSPS) is 11.0. The number of ether oxygens (including phenoxy) is 1. The maximum atomic E-state index is 12.0. The van der Waals surface area contributed by atoms with Gasteiger partial charge in [-0.25, -0.2) is 4.98 Å². The quantitative estimate of drug-likeness (QED) is 0.598. The van der Waals surface area contributed by atoms with Gasteiger partial charge in [-0.05, 0) is 18.2 Å². The van der Waals surface area contributed by atoms with Crippen molar-refractivity contribution in [1.82, 2.24) is 14.9 Å². The predicted molar refractivity (Wildman–Crippen MR) is 86.7 cm³/mol. The van der Waals surface area contributed by atoms with Crippen LogP contribution in [-0.4, -0.2) is 41.6 Å². The first-order chi connectivity index (χ1) is 10.2. The number of carbonyl (C=O) groups excluding carboxylic acids is 1. The summed E-state index contributed by atoms with van der Waals surface area (Å²) in [5, 5.41) is 2.81. The summed E-state index contributed by atoms with van der Waals surface area (Å²) in [6, 6.07) is 5.83. The molecule has 2 aromatic rings. The van der Waals surface area contributed by atoms with Crippen LogP contribution < -0.4 is 5.32 Å². The first kappa shape index (κ1) is 16.3. The number of amides is 1. The fourth-order valence-corrected chi connectivity index (χ4v) is 2.61. The van der Waals surface area contributed by atoms with E-state index in [4.69, 9.17) is 16.3 Å². The molecule has 1 heterocycles. The molecular formula is C14H17BrClN3O2. The number of fused-ring (bicyclic) bond motifs is 1. The number of halogens is 2. The Balaban J connectivity index is 2.23. The number of imidazole rings is 1. The highest BCUT2D eigenvalue weighted by molar-refractivity contribution is 9.10. The molecule has 1 N–H and O–H groups in total. The van der Waals surface area contributed by atoms with Gasteiger partial charge in [0.05, 0.1) is 17.6 Å². The third kappa shape index (κ3) is 4.18. The van der Waals surface area contributed by atoms with Crippen molar-refractivity contribution in [3.05, 3.63) is 28.5 Å². The Kier molecular flexibility index (Phi) is 6.02. The van der Waals surface area contributed by atoms with Gasteiger partial charge in [0.1, 0.15) is 12.4 Å². The lowest BCUT2D eigenvalue weighted by molar-refractivity contribution is -0.121. The topological polar surface area (TPSA) is 56.1 Å². The van der Waals surface area contributed by atoms with Crippen LogP contribution >= 0.6 is 27.5 Å². The number of benzene rings is 1. The van der Waals surface area contributed by atoms with Gasteiger partial charge in [0, 0.05) is 30.4 Å². The second-order valence-electron chi connectivity index (χ2n) is 4.53. The fraction of sp³-hybridized carbons (Fsp3) is 0.429. The summed E-state index contributed by atoms with van der Waals surface area (Å²) in [6.45, 7) is 1.23. The van der Waals surface area contributed by atoms with Gasteiger partial charge in [0.2, 0.25) is 5.91 Å². The Bertz CT molecular complexity index is 630. The lowest BCUT2D eigenvalue weighted by atomic mass is 10.3. The molecule has 2 rings (SSSR count). The van der Waals surface area contributed by atoms with E-state index in [-0.39, 0.29) is 12.5 Å². The van der Waals surface area contributed by atoms with Crippen molar-refractivity contribution < 1.29 is 9.53 Å². The molecule has 0 radical (unpaired) electrons. The van der Waals surface area contributed by atoms with E-state index in [0.717, 1.165) is 21.3 Å². The van der Waals surface area contributed by atoms with Crippen LogP contribution in [0.15, 0.2) is 22.7 Å². The first-order valence-electron chi connectivity index (χ1n) is 6.62. The van der Waals surface area contributed by atoms with Crippen molar-refractivity contribution in [2.45, 2.75) is 13.0 Å². The molecule has 0 fully saturated rings. The minimum absolute atomic E-state index is 0.0647. The van der Waals surface area contributed by atoms with Gasteiger partial charge in [-0.2, -0.15) is 0 Å². The van der Waals surface area contributed by atoms with Gasteiger partial charge >= 0.3 is 0 Å². The average molecular weight is 375 g/mol.